The summed E-state index contributed by atoms with van der Waals surface area (Å²) in [6.07, 6.45) is 2.29. The van der Waals surface area contributed by atoms with E-state index in [2.05, 4.69) is 58.7 Å². The van der Waals surface area contributed by atoms with Gasteiger partial charge in [-0.25, -0.2) is 0 Å². The third kappa shape index (κ3) is 2.30. The molecule has 0 bridgehead atoms. The summed E-state index contributed by atoms with van der Waals surface area (Å²) in [6, 6.07) is 6.54. The molecule has 0 aliphatic carbocycles. The summed E-state index contributed by atoms with van der Waals surface area (Å²) in [4.78, 5) is 0. The maximum Gasteiger partial charge on any atom is 0.0484 e. The second-order valence-electron chi connectivity index (χ2n) is 3.74. The summed E-state index contributed by atoms with van der Waals surface area (Å²) in [7, 11) is 0. The first-order valence-corrected chi connectivity index (χ1v) is 7.56. The Morgan fingerprint density at radius 2 is 2.12 bits per heavy atom. The average molecular weight is 298 g/mol. The second-order valence-corrected chi connectivity index (χ2v) is 5.93. The van der Waals surface area contributed by atoms with Crippen molar-refractivity contribution in [1.82, 2.24) is 4.57 Å². The molecule has 3 heteroatoms. The number of fused-ring (bicyclic) bond motifs is 1. The molecule has 0 unspecified atom stereocenters. The lowest BCUT2D eigenvalue weighted by molar-refractivity contribution is 0.795. The van der Waals surface area contributed by atoms with Crippen LogP contribution < -0.4 is 0 Å². The van der Waals surface area contributed by atoms with Crippen LogP contribution in [-0.4, -0.2) is 10.3 Å². The van der Waals surface area contributed by atoms with E-state index in [4.69, 9.17) is 0 Å². The summed E-state index contributed by atoms with van der Waals surface area (Å²) < 4.78 is 3.49. The highest BCUT2D eigenvalue weighted by atomic mass is 79.9. The van der Waals surface area contributed by atoms with Crippen molar-refractivity contribution < 1.29 is 0 Å². The van der Waals surface area contributed by atoms with Gasteiger partial charge >= 0.3 is 0 Å². The molecule has 2 rings (SSSR count). The van der Waals surface area contributed by atoms with Crippen LogP contribution in [0.5, 0.6) is 0 Å². The van der Waals surface area contributed by atoms with Crippen LogP contribution in [0.3, 0.4) is 0 Å². The summed E-state index contributed by atoms with van der Waals surface area (Å²) in [5, 5.41) is 1.39. The van der Waals surface area contributed by atoms with E-state index in [1.807, 2.05) is 11.8 Å². The number of thioether (sulfide) groups is 1. The first kappa shape index (κ1) is 12.1. The third-order valence-corrected chi connectivity index (χ3v) is 4.14. The van der Waals surface area contributed by atoms with Gasteiger partial charge in [0.25, 0.3) is 0 Å². The Labute approximate surface area is 109 Å². The lowest BCUT2D eigenvalue weighted by atomic mass is 10.2. The topological polar surface area (TPSA) is 4.93 Å². The van der Waals surface area contributed by atoms with E-state index in [1.165, 1.54) is 22.2 Å². The molecule has 0 aliphatic heterocycles. The van der Waals surface area contributed by atoms with Crippen molar-refractivity contribution in [2.24, 2.45) is 0 Å². The van der Waals surface area contributed by atoms with Crippen molar-refractivity contribution in [2.75, 3.05) is 5.75 Å². The zero-order valence-corrected chi connectivity index (χ0v) is 12.1. The Kier molecular flexibility index (Phi) is 3.98. The van der Waals surface area contributed by atoms with Crippen molar-refractivity contribution >= 4 is 38.6 Å². The smallest absolute Gasteiger partial charge is 0.0484 e. The van der Waals surface area contributed by atoms with E-state index in [-0.39, 0.29) is 0 Å². The monoisotopic (exact) mass is 297 g/mol. The summed E-state index contributed by atoms with van der Waals surface area (Å²) in [5.74, 6) is 2.28. The van der Waals surface area contributed by atoms with Crippen molar-refractivity contribution in [2.45, 2.75) is 26.1 Å². The van der Waals surface area contributed by atoms with Crippen LogP contribution in [0.4, 0.5) is 0 Å². The minimum Gasteiger partial charge on any atom is -0.347 e. The van der Waals surface area contributed by atoms with Gasteiger partial charge in [-0.2, -0.15) is 11.8 Å². The molecule has 2 aromatic rings. The van der Waals surface area contributed by atoms with Gasteiger partial charge in [0.05, 0.1) is 0 Å². The van der Waals surface area contributed by atoms with E-state index in [0.29, 0.717) is 0 Å². The highest BCUT2D eigenvalue weighted by molar-refractivity contribution is 9.10. The Morgan fingerprint density at radius 1 is 1.31 bits per heavy atom. The Balaban J connectivity index is 2.50. The number of benzene rings is 1. The first-order valence-electron chi connectivity index (χ1n) is 5.61. The van der Waals surface area contributed by atoms with Crippen molar-refractivity contribution in [1.29, 1.82) is 0 Å². The summed E-state index contributed by atoms with van der Waals surface area (Å²) in [6.45, 7) is 5.44. The molecule has 1 aromatic heterocycles. The number of aromatic nitrogens is 1. The lowest BCUT2D eigenvalue weighted by Crippen LogP contribution is -1.89. The van der Waals surface area contributed by atoms with Crippen LogP contribution in [0, 0.1) is 0 Å². The van der Waals surface area contributed by atoms with Gasteiger partial charge in [-0.1, -0.05) is 22.9 Å². The molecule has 1 nitrogen and oxygen atoms in total. The molecular formula is C13H16BrNS. The highest BCUT2D eigenvalue weighted by Gasteiger charge is 2.07. The number of hydrogen-bond donors (Lipinski definition) is 0. The van der Waals surface area contributed by atoms with Crippen LogP contribution in [0.25, 0.3) is 10.9 Å². The first-order chi connectivity index (χ1) is 7.76. The van der Waals surface area contributed by atoms with E-state index in [0.717, 1.165) is 16.8 Å². The summed E-state index contributed by atoms with van der Waals surface area (Å²) in [5.41, 5.74) is 2.79. The minimum atomic E-state index is 1.04. The maximum atomic E-state index is 3.55. The van der Waals surface area contributed by atoms with Gasteiger partial charge in [-0.05, 0) is 36.4 Å². The Morgan fingerprint density at radius 3 is 2.81 bits per heavy atom. The van der Waals surface area contributed by atoms with E-state index < -0.39 is 0 Å². The molecule has 0 amide bonds. The zero-order chi connectivity index (χ0) is 11.5. The van der Waals surface area contributed by atoms with E-state index in [1.54, 1.807) is 0 Å². The molecule has 0 radical (unpaired) electrons. The normalized spacial score (nSPS) is 11.2. The predicted octanol–water partition coefficient (Wildman–Crippen LogP) is 4.68. The Hall–Kier alpha value is -0.410. The van der Waals surface area contributed by atoms with Gasteiger partial charge in [-0.15, -0.1) is 0 Å². The van der Waals surface area contributed by atoms with Crippen LogP contribution in [-0.2, 0) is 12.3 Å². The highest BCUT2D eigenvalue weighted by Crippen LogP contribution is 2.27. The molecule has 0 N–H and O–H groups in total. The van der Waals surface area contributed by atoms with Crippen LogP contribution in [0.15, 0.2) is 28.9 Å². The van der Waals surface area contributed by atoms with Crippen molar-refractivity contribution in [3.63, 3.8) is 0 Å². The average Bonchev–Trinajstić information content (AvgIpc) is 2.64. The Bertz CT molecular complexity index is 490. The number of hydrogen-bond acceptors (Lipinski definition) is 1. The summed E-state index contributed by atoms with van der Waals surface area (Å²) >= 11 is 5.53. The van der Waals surface area contributed by atoms with Crippen LogP contribution in [0.1, 0.15) is 19.4 Å². The van der Waals surface area contributed by atoms with Gasteiger partial charge < -0.3 is 4.57 Å². The fourth-order valence-corrected chi connectivity index (χ4v) is 2.95. The fourth-order valence-electron chi connectivity index (χ4n) is 1.93. The van der Waals surface area contributed by atoms with E-state index >= 15 is 0 Å². The molecule has 1 heterocycles. The molecular weight excluding hydrogens is 282 g/mol. The zero-order valence-electron chi connectivity index (χ0n) is 9.66. The maximum absolute atomic E-state index is 3.55. The molecule has 16 heavy (non-hydrogen) atoms. The van der Waals surface area contributed by atoms with Gasteiger partial charge in [0, 0.05) is 33.9 Å². The molecule has 0 aliphatic rings. The lowest BCUT2D eigenvalue weighted by Gasteiger charge is -1.99. The minimum absolute atomic E-state index is 1.04. The van der Waals surface area contributed by atoms with Gasteiger partial charge in [-0.3, -0.25) is 0 Å². The quantitative estimate of drug-likeness (QED) is 0.793. The van der Waals surface area contributed by atoms with Crippen LogP contribution >= 0.6 is 27.7 Å². The number of nitrogens with zero attached hydrogens (tertiary/aromatic N) is 1. The standard InChI is InChI=1S/C13H16BrNS/c1-3-15-8-10(9-16-4-2)12-7-11(14)5-6-13(12)15/h5-8H,3-4,9H2,1-2H3. The molecule has 86 valence electrons. The number of halogens is 1. The number of rotatable bonds is 4. The predicted molar refractivity (Wildman–Crippen MR) is 77.1 cm³/mol. The van der Waals surface area contributed by atoms with Crippen LogP contribution in [0.2, 0.25) is 0 Å². The van der Waals surface area contributed by atoms with Gasteiger partial charge in [0.15, 0.2) is 0 Å². The van der Waals surface area contributed by atoms with Crippen molar-refractivity contribution in [3.8, 4) is 0 Å². The second kappa shape index (κ2) is 5.28. The number of aryl methyl sites for hydroxylation is 1. The fraction of sp³-hybridized carbons (Fsp3) is 0.385. The third-order valence-electron chi connectivity index (χ3n) is 2.73. The SMILES string of the molecule is CCSCc1cn(CC)c2ccc(Br)cc12. The molecule has 0 spiro atoms. The van der Waals surface area contributed by atoms with Gasteiger partial charge in [0.2, 0.25) is 0 Å². The molecule has 0 saturated carbocycles. The van der Waals surface area contributed by atoms with Crippen molar-refractivity contribution in [3.05, 3.63) is 34.4 Å². The molecule has 0 saturated heterocycles. The molecule has 0 atom stereocenters. The van der Waals surface area contributed by atoms with Gasteiger partial charge in [0.1, 0.15) is 0 Å². The molecule has 0 fully saturated rings. The molecule has 1 aromatic carbocycles. The van der Waals surface area contributed by atoms with E-state index in [9.17, 15) is 0 Å². The largest absolute Gasteiger partial charge is 0.347 e.